The van der Waals surface area contributed by atoms with Gasteiger partial charge in [0.05, 0.1) is 36.4 Å². The van der Waals surface area contributed by atoms with Crippen LogP contribution in [0.2, 0.25) is 0 Å². The SMILES string of the molecule is N#CCCC(C#N)CC(C#N)CCC(C#N)CC(C#N)CCC#N. The van der Waals surface area contributed by atoms with Crippen LogP contribution in [0.5, 0.6) is 0 Å². The lowest BCUT2D eigenvalue weighted by atomic mass is 9.85. The summed E-state index contributed by atoms with van der Waals surface area (Å²) in [6, 6.07) is 12.6. The van der Waals surface area contributed by atoms with Gasteiger partial charge in [-0.3, -0.25) is 0 Å². The highest BCUT2D eigenvalue weighted by molar-refractivity contribution is 4.96. The molecule has 0 aromatic heterocycles. The van der Waals surface area contributed by atoms with Gasteiger partial charge in [0.25, 0.3) is 0 Å². The lowest BCUT2D eigenvalue weighted by Gasteiger charge is -2.16. The molecular formula is C18H20N6. The number of hydrogen-bond donors (Lipinski definition) is 0. The Labute approximate surface area is 143 Å². The summed E-state index contributed by atoms with van der Waals surface area (Å²) in [5.74, 6) is -1.30. The van der Waals surface area contributed by atoms with Gasteiger partial charge in [0, 0.05) is 36.5 Å². The molecule has 122 valence electrons. The van der Waals surface area contributed by atoms with Crippen molar-refractivity contribution in [1.29, 1.82) is 31.6 Å². The first-order valence-corrected chi connectivity index (χ1v) is 7.97. The van der Waals surface area contributed by atoms with Gasteiger partial charge in [-0.05, 0) is 38.5 Å². The number of hydrogen-bond acceptors (Lipinski definition) is 6. The molecule has 0 amide bonds. The van der Waals surface area contributed by atoms with Crippen molar-refractivity contribution in [3.8, 4) is 36.4 Å². The van der Waals surface area contributed by atoms with E-state index in [0.717, 1.165) is 0 Å². The molecule has 4 atom stereocenters. The van der Waals surface area contributed by atoms with Gasteiger partial charge in [-0.25, -0.2) is 0 Å². The van der Waals surface area contributed by atoms with E-state index in [0.29, 0.717) is 51.4 Å². The fourth-order valence-corrected chi connectivity index (χ4v) is 2.51. The highest BCUT2D eigenvalue weighted by Crippen LogP contribution is 2.25. The molecule has 0 fully saturated rings. The van der Waals surface area contributed by atoms with Gasteiger partial charge in [-0.2, -0.15) is 31.6 Å². The number of rotatable bonds is 11. The number of nitrogens with zero attached hydrogens (tertiary/aromatic N) is 6. The molecule has 6 heteroatoms. The Kier molecular flexibility index (Phi) is 11.9. The minimum absolute atomic E-state index is 0.292. The van der Waals surface area contributed by atoms with Gasteiger partial charge in [0.1, 0.15) is 0 Å². The minimum atomic E-state index is -0.330. The molecule has 0 saturated carbocycles. The van der Waals surface area contributed by atoms with Gasteiger partial charge in [0.2, 0.25) is 0 Å². The molecule has 0 heterocycles. The van der Waals surface area contributed by atoms with Gasteiger partial charge >= 0.3 is 0 Å². The van der Waals surface area contributed by atoms with Crippen LogP contribution in [0.3, 0.4) is 0 Å². The zero-order valence-electron chi connectivity index (χ0n) is 13.6. The van der Waals surface area contributed by atoms with E-state index in [4.69, 9.17) is 21.0 Å². The van der Waals surface area contributed by atoms with Crippen molar-refractivity contribution in [2.45, 2.75) is 51.4 Å². The highest BCUT2D eigenvalue weighted by Gasteiger charge is 2.20. The summed E-state index contributed by atoms with van der Waals surface area (Å²) in [7, 11) is 0. The maximum Gasteiger partial charge on any atom is 0.0656 e. The molecule has 0 aliphatic rings. The first-order chi connectivity index (χ1) is 11.6. The second kappa shape index (κ2) is 13.6. The van der Waals surface area contributed by atoms with Crippen LogP contribution in [0.1, 0.15) is 51.4 Å². The summed E-state index contributed by atoms with van der Waals surface area (Å²) in [6.07, 6.45) is 3.30. The molecule has 0 spiro atoms. The van der Waals surface area contributed by atoms with Crippen LogP contribution in [-0.2, 0) is 0 Å². The van der Waals surface area contributed by atoms with E-state index in [-0.39, 0.29) is 23.7 Å². The normalized spacial score (nSPS) is 14.2. The first kappa shape index (κ1) is 20.9. The van der Waals surface area contributed by atoms with Gasteiger partial charge < -0.3 is 0 Å². The Morgan fingerprint density at radius 3 is 1.00 bits per heavy atom. The molecule has 0 aromatic rings. The molecule has 0 aliphatic carbocycles. The Morgan fingerprint density at radius 2 is 0.750 bits per heavy atom. The average molecular weight is 320 g/mol. The second-order valence-corrected chi connectivity index (χ2v) is 5.75. The molecule has 0 bridgehead atoms. The molecule has 4 unspecified atom stereocenters. The Hall–Kier alpha value is -3.06. The van der Waals surface area contributed by atoms with Crippen molar-refractivity contribution in [3.63, 3.8) is 0 Å². The van der Waals surface area contributed by atoms with Crippen molar-refractivity contribution in [1.82, 2.24) is 0 Å². The predicted molar refractivity (Wildman–Crippen MR) is 84.6 cm³/mol. The van der Waals surface area contributed by atoms with E-state index in [2.05, 4.69) is 24.3 Å². The van der Waals surface area contributed by atoms with Crippen LogP contribution in [0.15, 0.2) is 0 Å². The summed E-state index contributed by atoms with van der Waals surface area (Å²) in [5, 5.41) is 53.7. The maximum absolute atomic E-state index is 9.23. The molecule has 0 radical (unpaired) electrons. The fourth-order valence-electron chi connectivity index (χ4n) is 2.51. The largest absolute Gasteiger partial charge is 0.198 e. The molecule has 0 aliphatic heterocycles. The van der Waals surface area contributed by atoms with Gasteiger partial charge in [-0.1, -0.05) is 0 Å². The van der Waals surface area contributed by atoms with Crippen molar-refractivity contribution < 1.29 is 0 Å². The maximum atomic E-state index is 9.23. The van der Waals surface area contributed by atoms with Crippen LogP contribution in [0.25, 0.3) is 0 Å². The zero-order chi connectivity index (χ0) is 18.2. The third-order valence-corrected chi connectivity index (χ3v) is 3.94. The highest BCUT2D eigenvalue weighted by atomic mass is 14.3. The van der Waals surface area contributed by atoms with E-state index >= 15 is 0 Å². The van der Waals surface area contributed by atoms with Crippen LogP contribution in [0, 0.1) is 91.7 Å². The first-order valence-electron chi connectivity index (χ1n) is 7.97. The zero-order valence-corrected chi connectivity index (χ0v) is 13.6. The van der Waals surface area contributed by atoms with E-state index < -0.39 is 0 Å². The smallest absolute Gasteiger partial charge is 0.0656 e. The Bertz CT molecular complexity index is 557. The Morgan fingerprint density at radius 1 is 0.458 bits per heavy atom. The van der Waals surface area contributed by atoms with Gasteiger partial charge in [0.15, 0.2) is 0 Å². The average Bonchev–Trinajstić information content (AvgIpc) is 2.62. The second-order valence-electron chi connectivity index (χ2n) is 5.75. The monoisotopic (exact) mass is 320 g/mol. The van der Waals surface area contributed by atoms with E-state index in [1.807, 2.05) is 12.1 Å². The summed E-state index contributed by atoms with van der Waals surface area (Å²) in [5.41, 5.74) is 0. The van der Waals surface area contributed by atoms with E-state index in [1.165, 1.54) is 0 Å². The van der Waals surface area contributed by atoms with Crippen molar-refractivity contribution in [3.05, 3.63) is 0 Å². The minimum Gasteiger partial charge on any atom is -0.198 e. The van der Waals surface area contributed by atoms with Crippen molar-refractivity contribution in [2.75, 3.05) is 0 Å². The summed E-state index contributed by atoms with van der Waals surface area (Å²) >= 11 is 0. The molecule has 0 N–H and O–H groups in total. The van der Waals surface area contributed by atoms with Crippen LogP contribution in [-0.4, -0.2) is 0 Å². The van der Waals surface area contributed by atoms with Crippen molar-refractivity contribution in [2.24, 2.45) is 23.7 Å². The lowest BCUT2D eigenvalue weighted by Crippen LogP contribution is -2.11. The topological polar surface area (TPSA) is 143 Å². The molecule has 0 aromatic carbocycles. The van der Waals surface area contributed by atoms with Crippen molar-refractivity contribution >= 4 is 0 Å². The van der Waals surface area contributed by atoms with Gasteiger partial charge in [-0.15, -0.1) is 0 Å². The molecule has 0 rings (SSSR count). The van der Waals surface area contributed by atoms with Crippen LogP contribution >= 0.6 is 0 Å². The van der Waals surface area contributed by atoms with E-state index in [9.17, 15) is 10.5 Å². The van der Waals surface area contributed by atoms with Crippen LogP contribution in [0.4, 0.5) is 0 Å². The summed E-state index contributed by atoms with van der Waals surface area (Å²) in [4.78, 5) is 0. The quantitative estimate of drug-likeness (QED) is 0.567. The standard InChI is InChI=1S/C18H20N6/c19-7-1-3-15(11-21)9-17(13-23)5-6-18(14-24)10-16(12-22)4-2-8-20/h15-18H,1-6,9-10H2. The van der Waals surface area contributed by atoms with Crippen LogP contribution < -0.4 is 0 Å². The van der Waals surface area contributed by atoms with E-state index in [1.54, 1.807) is 0 Å². The third kappa shape index (κ3) is 9.06. The molecular weight excluding hydrogens is 300 g/mol. The summed E-state index contributed by atoms with van der Waals surface area (Å²) < 4.78 is 0. The third-order valence-electron chi connectivity index (χ3n) is 3.94. The Balaban J connectivity index is 4.49. The molecule has 0 saturated heterocycles. The molecule has 6 nitrogen and oxygen atoms in total. The molecule has 24 heavy (non-hydrogen) atoms. The fraction of sp³-hybridized carbons (Fsp3) is 0.667. The predicted octanol–water partition coefficient (Wildman–Crippen LogP) is 3.71. The lowest BCUT2D eigenvalue weighted by molar-refractivity contribution is 0.392. The summed E-state index contributed by atoms with van der Waals surface area (Å²) in [6.45, 7) is 0. The number of nitriles is 6.